The van der Waals surface area contributed by atoms with Gasteiger partial charge in [-0.05, 0) is 18.8 Å². The number of hydrogen-bond acceptors (Lipinski definition) is 3. The molecule has 4 nitrogen and oxygen atoms in total. The summed E-state index contributed by atoms with van der Waals surface area (Å²) in [6.07, 6.45) is 4.88. The van der Waals surface area contributed by atoms with Crippen LogP contribution < -0.4 is 4.89 Å². The lowest BCUT2D eigenvalue weighted by Gasteiger charge is -2.21. The van der Waals surface area contributed by atoms with Gasteiger partial charge in [-0.3, -0.25) is 4.84 Å². The van der Waals surface area contributed by atoms with Crippen molar-refractivity contribution in [3.8, 4) is 0 Å². The highest BCUT2D eigenvalue weighted by molar-refractivity contribution is 7.90. The molecule has 8 heteroatoms. The lowest BCUT2D eigenvalue weighted by molar-refractivity contribution is -0.0535. The molecule has 0 aromatic heterocycles. The number of halogens is 3. The second kappa shape index (κ2) is 5.33. The molecule has 1 aliphatic rings. The Labute approximate surface area is 92.2 Å². The van der Waals surface area contributed by atoms with Crippen molar-refractivity contribution >= 4 is 10.0 Å². The SMILES string of the molecule is O=S(=O)(NOCC1CCCCC1)C(F)(F)F. The summed E-state index contributed by atoms with van der Waals surface area (Å²) in [7, 11) is -5.37. The van der Waals surface area contributed by atoms with Crippen LogP contribution in [0.25, 0.3) is 0 Å². The summed E-state index contributed by atoms with van der Waals surface area (Å²) < 4.78 is 56.7. The molecule has 0 aliphatic heterocycles. The Morgan fingerprint density at radius 1 is 1.19 bits per heavy atom. The third kappa shape index (κ3) is 3.91. The Hall–Kier alpha value is -0.340. The maximum absolute atomic E-state index is 11.9. The van der Waals surface area contributed by atoms with Crippen LogP contribution >= 0.6 is 0 Å². The molecule has 96 valence electrons. The summed E-state index contributed by atoms with van der Waals surface area (Å²) in [4.78, 5) is 5.50. The Balaban J connectivity index is 2.29. The molecule has 0 saturated heterocycles. The largest absolute Gasteiger partial charge is 0.513 e. The molecule has 0 aromatic carbocycles. The number of alkyl halides is 3. The molecule has 1 aliphatic carbocycles. The normalized spacial score (nSPS) is 19.9. The smallest absolute Gasteiger partial charge is 0.287 e. The zero-order valence-electron chi connectivity index (χ0n) is 8.59. The zero-order valence-corrected chi connectivity index (χ0v) is 9.40. The summed E-state index contributed by atoms with van der Waals surface area (Å²) in [5.41, 5.74) is -5.32. The lowest BCUT2D eigenvalue weighted by atomic mass is 9.90. The molecule has 0 bridgehead atoms. The monoisotopic (exact) mass is 261 g/mol. The van der Waals surface area contributed by atoms with Crippen LogP contribution in [0.1, 0.15) is 32.1 Å². The minimum absolute atomic E-state index is 0.00465. The molecule has 0 amide bonds. The average Bonchev–Trinajstić information content (AvgIpc) is 2.17. The van der Waals surface area contributed by atoms with E-state index in [9.17, 15) is 21.6 Å². The molecule has 1 N–H and O–H groups in total. The predicted octanol–water partition coefficient (Wildman–Crippen LogP) is 1.94. The van der Waals surface area contributed by atoms with Crippen LogP contribution in [-0.4, -0.2) is 20.5 Å². The first kappa shape index (κ1) is 13.7. The van der Waals surface area contributed by atoms with E-state index in [4.69, 9.17) is 0 Å². The van der Waals surface area contributed by atoms with Gasteiger partial charge < -0.3 is 0 Å². The van der Waals surface area contributed by atoms with E-state index in [0.29, 0.717) is 0 Å². The predicted molar refractivity (Wildman–Crippen MR) is 50.6 cm³/mol. The van der Waals surface area contributed by atoms with Gasteiger partial charge in [0.05, 0.1) is 6.61 Å². The molecular formula is C8H14F3NO3S. The van der Waals surface area contributed by atoms with Gasteiger partial charge in [0, 0.05) is 0 Å². The van der Waals surface area contributed by atoms with Gasteiger partial charge in [0.15, 0.2) is 0 Å². The van der Waals surface area contributed by atoms with Gasteiger partial charge in [0.1, 0.15) is 0 Å². The third-order valence-corrected chi connectivity index (χ3v) is 3.46. The topological polar surface area (TPSA) is 55.4 Å². The van der Waals surface area contributed by atoms with E-state index in [2.05, 4.69) is 4.84 Å². The maximum atomic E-state index is 11.9. The summed E-state index contributed by atoms with van der Waals surface area (Å²) in [5.74, 6) is 0.143. The summed E-state index contributed by atoms with van der Waals surface area (Å²) in [6, 6.07) is 0. The Kier molecular flexibility index (Phi) is 4.57. The second-order valence-corrected chi connectivity index (χ2v) is 5.48. The van der Waals surface area contributed by atoms with Crippen molar-refractivity contribution in [1.82, 2.24) is 4.89 Å². The molecule has 1 saturated carbocycles. The third-order valence-electron chi connectivity index (χ3n) is 2.52. The van der Waals surface area contributed by atoms with Crippen LogP contribution in [0.2, 0.25) is 0 Å². The molecule has 0 spiro atoms. The van der Waals surface area contributed by atoms with Crippen LogP contribution in [-0.2, 0) is 14.9 Å². The molecular weight excluding hydrogens is 247 g/mol. The first-order valence-corrected chi connectivity index (χ1v) is 6.51. The van der Waals surface area contributed by atoms with E-state index >= 15 is 0 Å². The Morgan fingerprint density at radius 2 is 1.75 bits per heavy atom. The molecule has 0 unspecified atom stereocenters. The van der Waals surface area contributed by atoms with Gasteiger partial charge in [-0.15, -0.1) is 0 Å². The van der Waals surface area contributed by atoms with Gasteiger partial charge in [-0.25, -0.2) is 8.42 Å². The van der Waals surface area contributed by atoms with E-state index in [-0.39, 0.29) is 12.5 Å². The molecule has 1 rings (SSSR count). The highest BCUT2D eigenvalue weighted by Gasteiger charge is 2.46. The molecule has 0 aromatic rings. The minimum atomic E-state index is -5.37. The fourth-order valence-electron chi connectivity index (χ4n) is 1.63. The number of sulfonamides is 1. The van der Waals surface area contributed by atoms with Crippen molar-refractivity contribution in [3.63, 3.8) is 0 Å². The quantitative estimate of drug-likeness (QED) is 0.787. The molecule has 0 radical (unpaired) electrons. The lowest BCUT2D eigenvalue weighted by Crippen LogP contribution is -2.37. The Morgan fingerprint density at radius 3 is 2.25 bits per heavy atom. The highest BCUT2D eigenvalue weighted by atomic mass is 32.2. The van der Waals surface area contributed by atoms with Gasteiger partial charge >= 0.3 is 15.5 Å². The van der Waals surface area contributed by atoms with Crippen molar-refractivity contribution in [3.05, 3.63) is 0 Å². The van der Waals surface area contributed by atoms with E-state index in [1.54, 1.807) is 0 Å². The number of rotatable bonds is 4. The number of nitrogens with one attached hydrogen (secondary N) is 1. The van der Waals surface area contributed by atoms with Crippen LogP contribution in [0, 0.1) is 5.92 Å². The fraction of sp³-hybridized carbons (Fsp3) is 1.00. The van der Waals surface area contributed by atoms with Gasteiger partial charge in [0.2, 0.25) is 0 Å². The van der Waals surface area contributed by atoms with Crippen LogP contribution in [0.15, 0.2) is 0 Å². The van der Waals surface area contributed by atoms with Gasteiger partial charge in [0.25, 0.3) is 0 Å². The van der Waals surface area contributed by atoms with E-state index < -0.39 is 15.5 Å². The zero-order chi connectivity index (χ0) is 12.2. The van der Waals surface area contributed by atoms with E-state index in [1.165, 1.54) is 0 Å². The molecule has 16 heavy (non-hydrogen) atoms. The Bertz CT molecular complexity index is 309. The van der Waals surface area contributed by atoms with Gasteiger partial charge in [-0.1, -0.05) is 24.1 Å². The second-order valence-electron chi connectivity index (χ2n) is 3.85. The van der Waals surface area contributed by atoms with Crippen molar-refractivity contribution < 1.29 is 26.4 Å². The van der Waals surface area contributed by atoms with Crippen LogP contribution in [0.4, 0.5) is 13.2 Å². The minimum Gasteiger partial charge on any atom is -0.287 e. The fourth-order valence-corrected chi connectivity index (χ4v) is 1.95. The maximum Gasteiger partial charge on any atom is 0.513 e. The van der Waals surface area contributed by atoms with E-state index in [1.807, 2.05) is 0 Å². The number of hydrogen-bond donors (Lipinski definition) is 1. The van der Waals surface area contributed by atoms with Crippen molar-refractivity contribution in [2.45, 2.75) is 37.6 Å². The van der Waals surface area contributed by atoms with E-state index in [0.717, 1.165) is 37.0 Å². The molecule has 0 heterocycles. The van der Waals surface area contributed by atoms with Crippen molar-refractivity contribution in [1.29, 1.82) is 0 Å². The highest BCUT2D eigenvalue weighted by Crippen LogP contribution is 2.24. The van der Waals surface area contributed by atoms with Crippen molar-refractivity contribution in [2.24, 2.45) is 5.92 Å². The average molecular weight is 261 g/mol. The standard InChI is InChI=1S/C8H14F3NO3S/c9-8(10,11)16(13,14)12-15-6-7-4-2-1-3-5-7/h7,12H,1-6H2. The van der Waals surface area contributed by atoms with Crippen LogP contribution in [0.5, 0.6) is 0 Å². The summed E-state index contributed by atoms with van der Waals surface area (Å²) in [6.45, 7) is -0.00465. The summed E-state index contributed by atoms with van der Waals surface area (Å²) in [5, 5.41) is 0. The summed E-state index contributed by atoms with van der Waals surface area (Å²) >= 11 is 0. The van der Waals surface area contributed by atoms with Gasteiger partial charge in [-0.2, -0.15) is 13.2 Å². The molecule has 0 atom stereocenters. The van der Waals surface area contributed by atoms with Crippen molar-refractivity contribution in [2.75, 3.05) is 6.61 Å². The first-order valence-electron chi connectivity index (χ1n) is 5.03. The van der Waals surface area contributed by atoms with Crippen LogP contribution in [0.3, 0.4) is 0 Å². The molecule has 1 fully saturated rings. The first-order chi connectivity index (χ1) is 7.33.